The lowest BCUT2D eigenvalue weighted by Crippen LogP contribution is -2.43. The van der Waals surface area contributed by atoms with Crippen LogP contribution in [-0.4, -0.2) is 25.5 Å². The summed E-state index contributed by atoms with van der Waals surface area (Å²) in [6, 6.07) is 20.1. The average molecular weight is 350 g/mol. The fraction of sp³-hybridized carbons (Fsp3) is 0.100. The van der Waals surface area contributed by atoms with Gasteiger partial charge in [0.1, 0.15) is 11.5 Å². The predicted octanol–water partition coefficient (Wildman–Crippen LogP) is 2.69. The number of rotatable bonds is 5. The first-order valence-electron chi connectivity index (χ1n) is 8.00. The molecule has 6 heteroatoms. The second kappa shape index (κ2) is 8.02. The van der Waals surface area contributed by atoms with E-state index in [-0.39, 0.29) is 6.61 Å². The molecule has 0 radical (unpaired) electrons. The van der Waals surface area contributed by atoms with Gasteiger partial charge in [-0.25, -0.2) is 0 Å². The van der Waals surface area contributed by atoms with Crippen LogP contribution in [0.15, 0.2) is 66.7 Å². The van der Waals surface area contributed by atoms with Gasteiger partial charge in [0.2, 0.25) is 0 Å². The fourth-order valence-electron chi connectivity index (χ4n) is 2.41. The Morgan fingerprint density at radius 1 is 0.846 bits per heavy atom. The summed E-state index contributed by atoms with van der Waals surface area (Å²) in [6.07, 6.45) is 0. The third kappa shape index (κ3) is 4.30. The maximum Gasteiger partial charge on any atom is 0.276 e. The highest BCUT2D eigenvalue weighted by atomic mass is 16.5. The molecule has 0 aliphatic rings. The van der Waals surface area contributed by atoms with E-state index in [9.17, 15) is 9.59 Å². The van der Waals surface area contributed by atoms with Crippen molar-refractivity contribution in [2.24, 2.45) is 0 Å². The van der Waals surface area contributed by atoms with E-state index in [0.717, 1.165) is 10.8 Å². The van der Waals surface area contributed by atoms with Crippen molar-refractivity contribution < 1.29 is 19.1 Å². The molecule has 0 aliphatic heterocycles. The summed E-state index contributed by atoms with van der Waals surface area (Å²) in [7, 11) is 1.52. The van der Waals surface area contributed by atoms with Crippen molar-refractivity contribution in [2.45, 2.75) is 0 Å². The summed E-state index contributed by atoms with van der Waals surface area (Å²) < 4.78 is 10.5. The summed E-state index contributed by atoms with van der Waals surface area (Å²) in [5.74, 6) is 0.235. The zero-order valence-corrected chi connectivity index (χ0v) is 14.2. The van der Waals surface area contributed by atoms with Crippen LogP contribution in [0.25, 0.3) is 10.8 Å². The zero-order chi connectivity index (χ0) is 18.4. The Labute approximate surface area is 150 Å². The quantitative estimate of drug-likeness (QED) is 0.694. The summed E-state index contributed by atoms with van der Waals surface area (Å²) in [5, 5.41) is 2.12. The number of hydrazine groups is 1. The molecule has 0 atom stereocenters. The molecule has 0 heterocycles. The van der Waals surface area contributed by atoms with E-state index in [1.807, 2.05) is 36.4 Å². The first-order chi connectivity index (χ1) is 12.7. The predicted molar refractivity (Wildman–Crippen MR) is 98.0 cm³/mol. The smallest absolute Gasteiger partial charge is 0.276 e. The van der Waals surface area contributed by atoms with Gasteiger partial charge in [0, 0.05) is 5.56 Å². The molecule has 0 fully saturated rings. The van der Waals surface area contributed by atoms with Gasteiger partial charge < -0.3 is 9.47 Å². The minimum Gasteiger partial charge on any atom is -0.497 e. The van der Waals surface area contributed by atoms with E-state index in [1.54, 1.807) is 30.3 Å². The third-order valence-corrected chi connectivity index (χ3v) is 3.74. The molecule has 0 spiro atoms. The number of benzene rings is 3. The minimum absolute atomic E-state index is 0.212. The number of amides is 2. The molecule has 26 heavy (non-hydrogen) atoms. The number of hydrogen-bond acceptors (Lipinski definition) is 4. The molecule has 3 aromatic carbocycles. The van der Waals surface area contributed by atoms with Gasteiger partial charge in [-0.3, -0.25) is 20.4 Å². The van der Waals surface area contributed by atoms with E-state index in [2.05, 4.69) is 10.9 Å². The van der Waals surface area contributed by atoms with Crippen molar-refractivity contribution in [1.82, 2.24) is 10.9 Å². The van der Waals surface area contributed by atoms with Crippen LogP contribution in [0.5, 0.6) is 11.5 Å². The number of nitrogens with one attached hydrogen (secondary N) is 2. The largest absolute Gasteiger partial charge is 0.497 e. The Kier molecular flexibility index (Phi) is 5.34. The van der Waals surface area contributed by atoms with Crippen molar-refractivity contribution in [1.29, 1.82) is 0 Å². The summed E-state index contributed by atoms with van der Waals surface area (Å²) in [4.78, 5) is 23.9. The van der Waals surface area contributed by atoms with E-state index in [0.29, 0.717) is 17.1 Å². The Balaban J connectivity index is 1.51. The molecule has 3 aromatic rings. The Morgan fingerprint density at radius 3 is 2.46 bits per heavy atom. The highest BCUT2D eigenvalue weighted by Crippen LogP contribution is 2.20. The van der Waals surface area contributed by atoms with E-state index >= 15 is 0 Å². The molecular weight excluding hydrogens is 332 g/mol. The van der Waals surface area contributed by atoms with Crippen LogP contribution in [0, 0.1) is 0 Å². The number of hydrogen-bond donors (Lipinski definition) is 2. The standard InChI is InChI=1S/C20H18N2O4/c1-25-17-8-4-7-16(12-17)20(24)22-21-19(23)13-26-18-10-9-14-5-2-3-6-15(14)11-18/h2-12H,13H2,1H3,(H,21,23)(H,22,24). The van der Waals surface area contributed by atoms with Gasteiger partial charge in [-0.15, -0.1) is 0 Å². The van der Waals surface area contributed by atoms with Crippen LogP contribution >= 0.6 is 0 Å². The SMILES string of the molecule is COc1cccc(C(=O)NNC(=O)COc2ccc3ccccc3c2)c1. The Hall–Kier alpha value is -3.54. The molecule has 132 valence electrons. The van der Waals surface area contributed by atoms with Crippen LogP contribution in [0.3, 0.4) is 0 Å². The number of ether oxygens (including phenoxy) is 2. The first kappa shape index (κ1) is 17.3. The lowest BCUT2D eigenvalue weighted by Gasteiger charge is -2.10. The second-order valence-corrected chi connectivity index (χ2v) is 5.53. The molecule has 2 N–H and O–H groups in total. The Morgan fingerprint density at radius 2 is 1.65 bits per heavy atom. The summed E-state index contributed by atoms with van der Waals surface area (Å²) >= 11 is 0. The number of carbonyl (C=O) groups excluding carboxylic acids is 2. The maximum absolute atomic E-state index is 12.0. The number of carbonyl (C=O) groups is 2. The molecule has 0 bridgehead atoms. The monoisotopic (exact) mass is 350 g/mol. The van der Waals surface area contributed by atoms with Crippen LogP contribution in [0.1, 0.15) is 10.4 Å². The number of methoxy groups -OCH3 is 1. The van der Waals surface area contributed by atoms with Gasteiger partial charge in [0.15, 0.2) is 6.61 Å². The molecule has 0 unspecified atom stereocenters. The lowest BCUT2D eigenvalue weighted by atomic mass is 10.1. The molecule has 0 aliphatic carbocycles. The normalized spacial score (nSPS) is 10.2. The second-order valence-electron chi connectivity index (χ2n) is 5.53. The average Bonchev–Trinajstić information content (AvgIpc) is 2.70. The highest BCUT2D eigenvalue weighted by molar-refractivity contribution is 5.95. The van der Waals surface area contributed by atoms with Crippen molar-refractivity contribution in [3.63, 3.8) is 0 Å². The van der Waals surface area contributed by atoms with Crippen molar-refractivity contribution in [3.8, 4) is 11.5 Å². The van der Waals surface area contributed by atoms with Crippen LogP contribution in [-0.2, 0) is 4.79 Å². The van der Waals surface area contributed by atoms with Gasteiger partial charge in [0.05, 0.1) is 7.11 Å². The summed E-state index contributed by atoms with van der Waals surface area (Å²) in [5.41, 5.74) is 5.04. The topological polar surface area (TPSA) is 76.7 Å². The van der Waals surface area contributed by atoms with E-state index in [4.69, 9.17) is 9.47 Å². The molecule has 0 aromatic heterocycles. The summed E-state index contributed by atoms with van der Waals surface area (Å²) in [6.45, 7) is -0.212. The van der Waals surface area contributed by atoms with Crippen molar-refractivity contribution in [3.05, 3.63) is 72.3 Å². The molecule has 6 nitrogen and oxygen atoms in total. The minimum atomic E-state index is -0.464. The molecular formula is C20H18N2O4. The fourth-order valence-corrected chi connectivity index (χ4v) is 2.41. The molecule has 0 saturated carbocycles. The van der Waals surface area contributed by atoms with E-state index in [1.165, 1.54) is 7.11 Å². The molecule has 0 saturated heterocycles. The van der Waals surface area contributed by atoms with Crippen molar-refractivity contribution in [2.75, 3.05) is 13.7 Å². The Bertz CT molecular complexity index is 940. The first-order valence-corrected chi connectivity index (χ1v) is 8.00. The zero-order valence-electron chi connectivity index (χ0n) is 14.2. The van der Waals surface area contributed by atoms with Gasteiger partial charge in [-0.2, -0.15) is 0 Å². The van der Waals surface area contributed by atoms with E-state index < -0.39 is 11.8 Å². The lowest BCUT2D eigenvalue weighted by molar-refractivity contribution is -0.123. The van der Waals surface area contributed by atoms with Gasteiger partial charge in [-0.1, -0.05) is 36.4 Å². The van der Waals surface area contributed by atoms with Crippen molar-refractivity contribution >= 4 is 22.6 Å². The van der Waals surface area contributed by atoms with Crippen LogP contribution in [0.4, 0.5) is 0 Å². The third-order valence-electron chi connectivity index (χ3n) is 3.74. The van der Waals surface area contributed by atoms with Gasteiger partial charge >= 0.3 is 0 Å². The van der Waals surface area contributed by atoms with Crippen LogP contribution in [0.2, 0.25) is 0 Å². The maximum atomic E-state index is 12.0. The van der Waals surface area contributed by atoms with Gasteiger partial charge in [0.25, 0.3) is 11.8 Å². The highest BCUT2D eigenvalue weighted by Gasteiger charge is 2.09. The molecule has 3 rings (SSSR count). The molecule has 2 amide bonds. The number of fused-ring (bicyclic) bond motifs is 1. The van der Waals surface area contributed by atoms with Gasteiger partial charge in [-0.05, 0) is 41.1 Å². The van der Waals surface area contributed by atoms with Crippen LogP contribution < -0.4 is 20.3 Å².